The molecule has 1 atom stereocenters. The molecule has 0 spiro atoms. The van der Waals surface area contributed by atoms with Crippen molar-refractivity contribution >= 4 is 9.84 Å². The van der Waals surface area contributed by atoms with Crippen molar-refractivity contribution in [2.45, 2.75) is 44.1 Å². The molecule has 1 rings (SSSR count). The summed E-state index contributed by atoms with van der Waals surface area (Å²) in [5.74, 6) is -0.0325. The number of nitriles is 1. The molecule has 0 bridgehead atoms. The lowest BCUT2D eigenvalue weighted by atomic mass is 10.1. The average Bonchev–Trinajstić information content (AvgIpc) is 2.35. The van der Waals surface area contributed by atoms with Crippen molar-refractivity contribution in [3.63, 3.8) is 0 Å². The average molecular weight is 265 g/mol. The Morgan fingerprint density at radius 2 is 1.94 bits per heavy atom. The molecule has 0 aliphatic carbocycles. The first-order chi connectivity index (χ1) is 8.55. The summed E-state index contributed by atoms with van der Waals surface area (Å²) in [4.78, 5) is 0. The van der Waals surface area contributed by atoms with Gasteiger partial charge in [0.25, 0.3) is 0 Å². The van der Waals surface area contributed by atoms with Crippen molar-refractivity contribution in [1.29, 1.82) is 5.26 Å². The molecule has 0 aliphatic rings. The Hall–Kier alpha value is -1.34. The Balaban J connectivity index is 2.99. The number of nitrogens with zero attached hydrogens (tertiary/aromatic N) is 1. The minimum atomic E-state index is -3.17. The first-order valence-corrected chi connectivity index (χ1v) is 7.96. The van der Waals surface area contributed by atoms with Crippen LogP contribution in [-0.4, -0.2) is 13.7 Å². The minimum absolute atomic E-state index is 0.0325. The molecule has 1 aromatic carbocycles. The van der Waals surface area contributed by atoms with Gasteiger partial charge in [0, 0.05) is 0 Å². The highest BCUT2D eigenvalue weighted by Crippen LogP contribution is 2.19. The summed E-state index contributed by atoms with van der Waals surface area (Å²) < 4.78 is 24.6. The Labute approximate surface area is 109 Å². The van der Waals surface area contributed by atoms with Gasteiger partial charge in [-0.25, -0.2) is 8.42 Å². The highest BCUT2D eigenvalue weighted by atomic mass is 32.2. The molecule has 4 heteroatoms. The second kappa shape index (κ2) is 6.55. The molecule has 98 valence electrons. The summed E-state index contributed by atoms with van der Waals surface area (Å²) >= 11 is 0. The molecule has 0 aliphatic heterocycles. The third kappa shape index (κ3) is 3.58. The van der Waals surface area contributed by atoms with Gasteiger partial charge in [0.1, 0.15) is 0 Å². The molecule has 0 heterocycles. The van der Waals surface area contributed by atoms with Crippen molar-refractivity contribution in [3.05, 3.63) is 35.4 Å². The zero-order chi connectivity index (χ0) is 13.6. The standard InChI is InChI=1S/C14H19NO2S/c1-3-7-14(4-2)18(16,17)11-13-9-6-5-8-12(13)10-15/h5-6,8-9,14H,3-4,7,11H2,1-2H3/t14-/m1/s1. The second-order valence-corrected chi connectivity index (χ2v) is 6.68. The van der Waals surface area contributed by atoms with Crippen LogP contribution in [0.1, 0.15) is 44.2 Å². The predicted molar refractivity (Wildman–Crippen MR) is 72.8 cm³/mol. The molecule has 18 heavy (non-hydrogen) atoms. The van der Waals surface area contributed by atoms with Gasteiger partial charge in [-0.15, -0.1) is 0 Å². The lowest BCUT2D eigenvalue weighted by Crippen LogP contribution is -2.22. The summed E-state index contributed by atoms with van der Waals surface area (Å²) in [6, 6.07) is 8.94. The van der Waals surface area contributed by atoms with Crippen LogP contribution in [0.2, 0.25) is 0 Å². The zero-order valence-electron chi connectivity index (χ0n) is 10.9. The van der Waals surface area contributed by atoms with Gasteiger partial charge < -0.3 is 0 Å². The largest absolute Gasteiger partial charge is 0.228 e. The molecule has 0 saturated carbocycles. The summed E-state index contributed by atoms with van der Waals surface area (Å²) in [6.45, 7) is 3.88. The number of hydrogen-bond acceptors (Lipinski definition) is 3. The molecule has 0 amide bonds. The third-order valence-electron chi connectivity index (χ3n) is 3.07. The maximum atomic E-state index is 12.3. The fourth-order valence-electron chi connectivity index (χ4n) is 2.05. The summed E-state index contributed by atoms with van der Waals surface area (Å²) in [5.41, 5.74) is 1.06. The Bertz CT molecular complexity index is 529. The third-order valence-corrected chi connectivity index (χ3v) is 5.37. The van der Waals surface area contributed by atoms with Crippen LogP contribution in [0.5, 0.6) is 0 Å². The Morgan fingerprint density at radius 3 is 2.50 bits per heavy atom. The van der Waals surface area contributed by atoms with Crippen LogP contribution in [0.3, 0.4) is 0 Å². The molecule has 0 radical (unpaired) electrons. The van der Waals surface area contributed by atoms with Crippen LogP contribution >= 0.6 is 0 Å². The molecular weight excluding hydrogens is 246 g/mol. The van der Waals surface area contributed by atoms with Gasteiger partial charge in [-0.05, 0) is 24.5 Å². The van der Waals surface area contributed by atoms with E-state index in [1.807, 2.05) is 19.9 Å². The number of rotatable bonds is 6. The van der Waals surface area contributed by atoms with E-state index in [2.05, 4.69) is 0 Å². The fraction of sp³-hybridized carbons (Fsp3) is 0.500. The first kappa shape index (κ1) is 14.7. The fourth-order valence-corrected chi connectivity index (χ4v) is 4.07. The van der Waals surface area contributed by atoms with E-state index in [4.69, 9.17) is 5.26 Å². The van der Waals surface area contributed by atoms with E-state index in [9.17, 15) is 8.42 Å². The molecule has 0 fully saturated rings. The van der Waals surface area contributed by atoms with Crippen molar-refractivity contribution in [2.24, 2.45) is 0 Å². The molecule has 0 saturated heterocycles. The van der Waals surface area contributed by atoms with Gasteiger partial charge in [0.05, 0.1) is 22.6 Å². The van der Waals surface area contributed by atoms with E-state index in [1.165, 1.54) is 0 Å². The van der Waals surface area contributed by atoms with Crippen LogP contribution in [0.25, 0.3) is 0 Å². The molecule has 0 N–H and O–H groups in total. The Morgan fingerprint density at radius 1 is 1.28 bits per heavy atom. The molecule has 1 aromatic rings. The van der Waals surface area contributed by atoms with E-state index < -0.39 is 9.84 Å². The van der Waals surface area contributed by atoms with Crippen molar-refractivity contribution in [3.8, 4) is 6.07 Å². The summed E-state index contributed by atoms with van der Waals surface area (Å²) in [6.07, 6.45) is 2.18. The van der Waals surface area contributed by atoms with E-state index in [1.54, 1.807) is 24.3 Å². The van der Waals surface area contributed by atoms with E-state index in [-0.39, 0.29) is 11.0 Å². The SMILES string of the molecule is CCC[C@@H](CC)S(=O)(=O)Cc1ccccc1C#N. The van der Waals surface area contributed by atoms with E-state index in [0.717, 1.165) is 6.42 Å². The van der Waals surface area contributed by atoms with Crippen LogP contribution in [0, 0.1) is 11.3 Å². The van der Waals surface area contributed by atoms with E-state index >= 15 is 0 Å². The normalized spacial score (nSPS) is 12.9. The van der Waals surface area contributed by atoms with Crippen molar-refractivity contribution in [1.82, 2.24) is 0 Å². The maximum absolute atomic E-state index is 12.3. The van der Waals surface area contributed by atoms with Crippen molar-refractivity contribution < 1.29 is 8.42 Å². The van der Waals surface area contributed by atoms with Crippen LogP contribution in [0.15, 0.2) is 24.3 Å². The van der Waals surface area contributed by atoms with Gasteiger partial charge in [0.2, 0.25) is 0 Å². The molecular formula is C14H19NO2S. The lowest BCUT2D eigenvalue weighted by Gasteiger charge is -2.15. The number of hydrogen-bond donors (Lipinski definition) is 0. The van der Waals surface area contributed by atoms with Crippen molar-refractivity contribution in [2.75, 3.05) is 0 Å². The smallest absolute Gasteiger partial charge is 0.157 e. The van der Waals surface area contributed by atoms with Crippen LogP contribution in [-0.2, 0) is 15.6 Å². The number of benzene rings is 1. The molecule has 0 aromatic heterocycles. The topological polar surface area (TPSA) is 57.9 Å². The summed E-state index contributed by atoms with van der Waals surface area (Å²) in [7, 11) is -3.17. The van der Waals surface area contributed by atoms with Crippen LogP contribution < -0.4 is 0 Å². The molecule has 0 unspecified atom stereocenters. The number of sulfone groups is 1. The summed E-state index contributed by atoms with van der Waals surface area (Å²) in [5, 5.41) is 8.67. The lowest BCUT2D eigenvalue weighted by molar-refractivity contribution is 0.563. The van der Waals surface area contributed by atoms with E-state index in [0.29, 0.717) is 24.0 Å². The monoisotopic (exact) mass is 265 g/mol. The minimum Gasteiger partial charge on any atom is -0.228 e. The highest BCUT2D eigenvalue weighted by molar-refractivity contribution is 7.91. The highest BCUT2D eigenvalue weighted by Gasteiger charge is 2.24. The van der Waals surface area contributed by atoms with Gasteiger partial charge in [-0.3, -0.25) is 0 Å². The second-order valence-electron chi connectivity index (χ2n) is 4.40. The van der Waals surface area contributed by atoms with Gasteiger partial charge in [-0.1, -0.05) is 38.5 Å². The molecule has 3 nitrogen and oxygen atoms in total. The van der Waals surface area contributed by atoms with Gasteiger partial charge in [0.15, 0.2) is 9.84 Å². The van der Waals surface area contributed by atoms with Crippen LogP contribution in [0.4, 0.5) is 0 Å². The van der Waals surface area contributed by atoms with Gasteiger partial charge in [-0.2, -0.15) is 5.26 Å². The zero-order valence-corrected chi connectivity index (χ0v) is 11.7. The quantitative estimate of drug-likeness (QED) is 0.794. The Kier molecular flexibility index (Phi) is 5.36. The first-order valence-electron chi connectivity index (χ1n) is 6.24. The maximum Gasteiger partial charge on any atom is 0.157 e. The predicted octanol–water partition coefficient (Wildman–Crippen LogP) is 3.05. The van der Waals surface area contributed by atoms with Gasteiger partial charge >= 0.3 is 0 Å².